The molecule has 0 aromatic heterocycles. The Morgan fingerprint density at radius 1 is 1.41 bits per heavy atom. The lowest BCUT2D eigenvalue weighted by Crippen LogP contribution is -2.45. The first kappa shape index (κ1) is 13.5. The summed E-state index contributed by atoms with van der Waals surface area (Å²) in [4.78, 5) is 0. The van der Waals surface area contributed by atoms with Crippen molar-refractivity contribution in [3.8, 4) is 0 Å². The predicted octanol–water partition coefficient (Wildman–Crippen LogP) is 3.71. The van der Waals surface area contributed by atoms with Gasteiger partial charge in [-0.1, -0.05) is 26.8 Å². The molecule has 2 rings (SSSR count). The first-order chi connectivity index (χ1) is 8.02. The molecule has 0 aliphatic heterocycles. The van der Waals surface area contributed by atoms with E-state index in [2.05, 4.69) is 32.7 Å². The van der Waals surface area contributed by atoms with Gasteiger partial charge in [-0.3, -0.25) is 0 Å². The van der Waals surface area contributed by atoms with E-state index in [4.69, 9.17) is 0 Å². The molecule has 2 bridgehead atoms. The standard InChI is InChI=1S/C15H27NS/c1-5-9-17-10-8-16-13-11-12-6-7-15(13,4)14(12,2)3/h5,12-13,16H,1,6-11H2,2-4H3. The van der Waals surface area contributed by atoms with Crippen LogP contribution in [0.15, 0.2) is 12.7 Å². The van der Waals surface area contributed by atoms with Crippen molar-refractivity contribution in [2.45, 2.75) is 46.1 Å². The summed E-state index contributed by atoms with van der Waals surface area (Å²) in [7, 11) is 0. The first-order valence-electron chi connectivity index (χ1n) is 6.94. The van der Waals surface area contributed by atoms with Crippen LogP contribution in [0.1, 0.15) is 40.0 Å². The van der Waals surface area contributed by atoms with Crippen molar-refractivity contribution in [2.24, 2.45) is 16.7 Å². The van der Waals surface area contributed by atoms with Crippen LogP contribution in [0.25, 0.3) is 0 Å². The third kappa shape index (κ3) is 2.19. The average molecular weight is 253 g/mol. The summed E-state index contributed by atoms with van der Waals surface area (Å²) in [6.45, 7) is 12.4. The summed E-state index contributed by atoms with van der Waals surface area (Å²) in [5, 5.41) is 3.81. The fourth-order valence-corrected chi connectivity index (χ4v) is 4.58. The molecular formula is C15H27NS. The van der Waals surface area contributed by atoms with E-state index in [0.717, 1.165) is 24.3 Å². The van der Waals surface area contributed by atoms with E-state index in [1.807, 2.05) is 17.8 Å². The Labute approximate surface area is 111 Å². The molecule has 1 nitrogen and oxygen atoms in total. The topological polar surface area (TPSA) is 12.0 Å². The monoisotopic (exact) mass is 253 g/mol. The second-order valence-electron chi connectivity index (χ2n) is 6.48. The molecule has 2 aliphatic carbocycles. The van der Waals surface area contributed by atoms with Gasteiger partial charge in [-0.05, 0) is 36.0 Å². The van der Waals surface area contributed by atoms with Crippen LogP contribution >= 0.6 is 11.8 Å². The summed E-state index contributed by atoms with van der Waals surface area (Å²) < 4.78 is 0. The molecule has 0 aromatic rings. The highest BCUT2D eigenvalue weighted by atomic mass is 32.2. The van der Waals surface area contributed by atoms with E-state index >= 15 is 0 Å². The molecule has 3 unspecified atom stereocenters. The molecule has 3 atom stereocenters. The van der Waals surface area contributed by atoms with Crippen LogP contribution in [-0.2, 0) is 0 Å². The van der Waals surface area contributed by atoms with Crippen molar-refractivity contribution >= 4 is 11.8 Å². The molecule has 2 aliphatic rings. The summed E-state index contributed by atoms with van der Waals surface area (Å²) >= 11 is 1.97. The van der Waals surface area contributed by atoms with Crippen LogP contribution in [0.3, 0.4) is 0 Å². The fraction of sp³-hybridized carbons (Fsp3) is 0.867. The van der Waals surface area contributed by atoms with E-state index < -0.39 is 0 Å². The lowest BCUT2D eigenvalue weighted by atomic mass is 9.69. The van der Waals surface area contributed by atoms with Crippen molar-refractivity contribution in [3.05, 3.63) is 12.7 Å². The summed E-state index contributed by atoms with van der Waals surface area (Å²) in [5.41, 5.74) is 1.07. The number of hydrogen-bond donors (Lipinski definition) is 1. The third-order valence-electron chi connectivity index (χ3n) is 5.67. The zero-order valence-electron chi connectivity index (χ0n) is 11.6. The maximum atomic E-state index is 3.81. The molecule has 0 spiro atoms. The molecule has 17 heavy (non-hydrogen) atoms. The molecule has 0 amide bonds. The molecule has 2 saturated carbocycles. The second-order valence-corrected chi connectivity index (χ2v) is 7.63. The van der Waals surface area contributed by atoms with Crippen LogP contribution in [0, 0.1) is 16.7 Å². The molecule has 0 saturated heterocycles. The number of thioether (sulfide) groups is 1. The van der Waals surface area contributed by atoms with E-state index in [1.165, 1.54) is 25.0 Å². The van der Waals surface area contributed by atoms with E-state index in [1.54, 1.807) is 0 Å². The van der Waals surface area contributed by atoms with E-state index in [9.17, 15) is 0 Å². The van der Waals surface area contributed by atoms with Gasteiger partial charge in [0.2, 0.25) is 0 Å². The quantitative estimate of drug-likeness (QED) is 0.572. The SMILES string of the molecule is C=CCSCCNC1CC2CCC1(C)C2(C)C. The van der Waals surface area contributed by atoms with Gasteiger partial charge in [-0.25, -0.2) is 0 Å². The lowest BCUT2D eigenvalue weighted by molar-refractivity contribution is 0.122. The van der Waals surface area contributed by atoms with Crippen molar-refractivity contribution < 1.29 is 0 Å². The van der Waals surface area contributed by atoms with Crippen LogP contribution in [0.2, 0.25) is 0 Å². The number of rotatable bonds is 6. The Bertz CT molecular complexity index is 287. The van der Waals surface area contributed by atoms with Crippen molar-refractivity contribution in [1.82, 2.24) is 5.32 Å². The van der Waals surface area contributed by atoms with Crippen LogP contribution < -0.4 is 5.32 Å². The normalized spacial score (nSPS) is 38.5. The molecule has 0 aromatic carbocycles. The minimum Gasteiger partial charge on any atom is -0.313 e. The van der Waals surface area contributed by atoms with Gasteiger partial charge in [0.15, 0.2) is 0 Å². The second kappa shape index (κ2) is 4.97. The Morgan fingerprint density at radius 3 is 2.71 bits per heavy atom. The van der Waals surface area contributed by atoms with E-state index in [0.29, 0.717) is 10.8 Å². The molecule has 2 fully saturated rings. The Hall–Kier alpha value is 0.0500. The Balaban J connectivity index is 1.82. The number of hydrogen-bond acceptors (Lipinski definition) is 2. The van der Waals surface area contributed by atoms with Gasteiger partial charge in [0.1, 0.15) is 0 Å². The van der Waals surface area contributed by atoms with Gasteiger partial charge in [0.25, 0.3) is 0 Å². The molecule has 1 N–H and O–H groups in total. The van der Waals surface area contributed by atoms with Crippen LogP contribution in [0.4, 0.5) is 0 Å². The Morgan fingerprint density at radius 2 is 2.18 bits per heavy atom. The van der Waals surface area contributed by atoms with E-state index in [-0.39, 0.29) is 0 Å². The van der Waals surface area contributed by atoms with Crippen LogP contribution in [0.5, 0.6) is 0 Å². The lowest BCUT2D eigenvalue weighted by Gasteiger charge is -2.39. The van der Waals surface area contributed by atoms with Gasteiger partial charge in [-0.2, -0.15) is 11.8 Å². The summed E-state index contributed by atoms with van der Waals surface area (Å²) in [6.07, 6.45) is 6.26. The zero-order chi connectivity index (χ0) is 12.5. The van der Waals surface area contributed by atoms with Gasteiger partial charge >= 0.3 is 0 Å². The van der Waals surface area contributed by atoms with Gasteiger partial charge in [-0.15, -0.1) is 6.58 Å². The maximum absolute atomic E-state index is 3.81. The fourth-order valence-electron chi connectivity index (χ4n) is 3.98. The van der Waals surface area contributed by atoms with Crippen molar-refractivity contribution in [3.63, 3.8) is 0 Å². The molecule has 2 heteroatoms. The molecular weight excluding hydrogens is 226 g/mol. The summed E-state index contributed by atoms with van der Waals surface area (Å²) in [6, 6.07) is 0.751. The molecule has 0 heterocycles. The van der Waals surface area contributed by atoms with Gasteiger partial charge in [0.05, 0.1) is 0 Å². The molecule has 98 valence electrons. The minimum absolute atomic E-state index is 0.529. The first-order valence-corrected chi connectivity index (χ1v) is 8.10. The smallest absolute Gasteiger partial charge is 0.0129 e. The highest BCUT2D eigenvalue weighted by Gasteiger charge is 2.60. The maximum Gasteiger partial charge on any atom is 0.0129 e. The zero-order valence-corrected chi connectivity index (χ0v) is 12.4. The van der Waals surface area contributed by atoms with Gasteiger partial charge in [0, 0.05) is 24.1 Å². The number of fused-ring (bicyclic) bond motifs is 2. The van der Waals surface area contributed by atoms with Crippen LogP contribution in [-0.4, -0.2) is 24.1 Å². The third-order valence-corrected chi connectivity index (χ3v) is 6.63. The predicted molar refractivity (Wildman–Crippen MR) is 78.5 cm³/mol. The van der Waals surface area contributed by atoms with Crippen molar-refractivity contribution in [1.29, 1.82) is 0 Å². The average Bonchev–Trinajstić information content (AvgIpc) is 2.61. The highest BCUT2D eigenvalue weighted by Crippen LogP contribution is 2.65. The highest BCUT2D eigenvalue weighted by molar-refractivity contribution is 7.99. The molecule has 0 radical (unpaired) electrons. The number of nitrogens with one attached hydrogen (secondary N) is 1. The summed E-state index contributed by atoms with van der Waals surface area (Å²) in [5.74, 6) is 3.24. The van der Waals surface area contributed by atoms with Crippen molar-refractivity contribution in [2.75, 3.05) is 18.1 Å². The largest absolute Gasteiger partial charge is 0.313 e. The van der Waals surface area contributed by atoms with Gasteiger partial charge < -0.3 is 5.32 Å². The minimum atomic E-state index is 0.529. The Kier molecular flexibility index (Phi) is 3.94.